The van der Waals surface area contributed by atoms with E-state index in [1.54, 1.807) is 21.6 Å². The van der Waals surface area contributed by atoms with Crippen molar-refractivity contribution in [3.8, 4) is 5.75 Å². The molecule has 0 radical (unpaired) electrons. The molecule has 0 aliphatic carbocycles. The molecule has 8 nitrogen and oxygen atoms in total. The van der Waals surface area contributed by atoms with Gasteiger partial charge in [0.15, 0.2) is 0 Å². The third kappa shape index (κ3) is 3.42. The van der Waals surface area contributed by atoms with Gasteiger partial charge in [0.25, 0.3) is 0 Å². The van der Waals surface area contributed by atoms with Crippen LogP contribution in [0, 0.1) is 0 Å². The largest absolute Gasteiger partial charge is 0.497 e. The zero-order valence-electron chi connectivity index (χ0n) is 19.3. The van der Waals surface area contributed by atoms with Gasteiger partial charge in [-0.15, -0.1) is 0 Å². The summed E-state index contributed by atoms with van der Waals surface area (Å²) in [4.78, 5) is 24.8. The molecule has 1 saturated heterocycles. The summed E-state index contributed by atoms with van der Waals surface area (Å²) in [6.45, 7) is 2.46. The molecule has 6 rings (SSSR count). The Morgan fingerprint density at radius 3 is 2.47 bits per heavy atom. The Bertz CT molecular complexity index is 1370. The van der Waals surface area contributed by atoms with E-state index in [2.05, 4.69) is 22.1 Å². The number of ether oxygens (including phenoxy) is 1. The van der Waals surface area contributed by atoms with Crippen molar-refractivity contribution in [2.75, 3.05) is 34.9 Å². The predicted molar refractivity (Wildman–Crippen MR) is 133 cm³/mol. The highest BCUT2D eigenvalue weighted by Crippen LogP contribution is 2.38. The number of amides is 2. The Morgan fingerprint density at radius 1 is 0.941 bits per heavy atom. The van der Waals surface area contributed by atoms with Gasteiger partial charge in [0, 0.05) is 43.0 Å². The maximum Gasteiger partial charge on any atom is 0.335 e. The second kappa shape index (κ2) is 8.06. The quantitative estimate of drug-likeness (QED) is 0.441. The Hall–Kier alpha value is -4.07. The number of methoxy groups -OCH3 is 1. The van der Waals surface area contributed by atoms with Crippen molar-refractivity contribution in [3.05, 3.63) is 66.4 Å². The average molecular weight is 455 g/mol. The molecule has 0 spiro atoms. The number of fused-ring (bicyclic) bond motifs is 2. The van der Waals surface area contributed by atoms with Crippen LogP contribution in [0.5, 0.6) is 5.75 Å². The standard InChI is InChI=1S/C26H26N6O2/c1-29-16-19-15-21(8-11-23(19)28-29)31-17-18-5-12-24(30-13-3-4-14-30)27-25(18)32(26(31)33)20-6-9-22(34-2)10-7-20/h5-12,15-16H,3-4,13-14,17H2,1-2H3. The number of anilines is 4. The first kappa shape index (κ1) is 20.5. The Labute approximate surface area is 198 Å². The molecule has 2 amide bonds. The van der Waals surface area contributed by atoms with Crippen molar-refractivity contribution in [3.63, 3.8) is 0 Å². The van der Waals surface area contributed by atoms with Crippen molar-refractivity contribution in [1.82, 2.24) is 14.8 Å². The number of rotatable bonds is 4. The SMILES string of the molecule is COc1ccc(N2C(=O)N(c3ccc4nn(C)cc4c3)Cc3ccc(N4CCCC4)nc32)cc1. The molecule has 0 atom stereocenters. The van der Waals surface area contributed by atoms with Gasteiger partial charge in [-0.05, 0) is 67.4 Å². The van der Waals surface area contributed by atoms with Gasteiger partial charge in [-0.25, -0.2) is 14.7 Å². The molecular formula is C26H26N6O2. The number of aryl methyl sites for hydroxylation is 1. The van der Waals surface area contributed by atoms with Crippen LogP contribution in [0.2, 0.25) is 0 Å². The third-order valence-electron chi connectivity index (χ3n) is 6.58. The van der Waals surface area contributed by atoms with Gasteiger partial charge in [0.1, 0.15) is 17.4 Å². The Balaban J connectivity index is 1.46. The Morgan fingerprint density at radius 2 is 1.71 bits per heavy atom. The summed E-state index contributed by atoms with van der Waals surface area (Å²) in [5, 5.41) is 5.45. The number of hydrogen-bond acceptors (Lipinski definition) is 5. The highest BCUT2D eigenvalue weighted by Gasteiger charge is 2.34. The maximum absolute atomic E-state index is 14.0. The zero-order valence-corrected chi connectivity index (χ0v) is 19.3. The molecule has 8 heteroatoms. The minimum atomic E-state index is -0.132. The number of hydrogen-bond donors (Lipinski definition) is 0. The highest BCUT2D eigenvalue weighted by atomic mass is 16.5. The van der Waals surface area contributed by atoms with Gasteiger partial charge in [-0.3, -0.25) is 9.58 Å². The van der Waals surface area contributed by atoms with E-state index >= 15 is 0 Å². The molecule has 0 bridgehead atoms. The third-order valence-corrected chi connectivity index (χ3v) is 6.58. The van der Waals surface area contributed by atoms with Crippen molar-refractivity contribution in [2.45, 2.75) is 19.4 Å². The van der Waals surface area contributed by atoms with Crippen LogP contribution in [0.4, 0.5) is 27.8 Å². The van der Waals surface area contributed by atoms with Gasteiger partial charge in [-0.1, -0.05) is 0 Å². The number of benzene rings is 2. The molecule has 2 aromatic carbocycles. The van der Waals surface area contributed by atoms with Crippen LogP contribution in [0.25, 0.3) is 10.9 Å². The van der Waals surface area contributed by atoms with E-state index in [1.165, 1.54) is 12.8 Å². The number of aromatic nitrogens is 3. The van der Waals surface area contributed by atoms with E-state index in [0.717, 1.165) is 52.5 Å². The van der Waals surface area contributed by atoms with Crippen LogP contribution in [0.1, 0.15) is 18.4 Å². The minimum Gasteiger partial charge on any atom is -0.497 e. The summed E-state index contributed by atoms with van der Waals surface area (Å²) in [5.74, 6) is 2.36. The lowest BCUT2D eigenvalue weighted by Crippen LogP contribution is -2.45. The highest BCUT2D eigenvalue weighted by molar-refractivity contribution is 6.10. The minimum absolute atomic E-state index is 0.132. The van der Waals surface area contributed by atoms with Crippen molar-refractivity contribution in [1.29, 1.82) is 0 Å². The van der Waals surface area contributed by atoms with Crippen molar-refractivity contribution >= 4 is 39.9 Å². The first-order chi connectivity index (χ1) is 16.6. The Kier molecular flexibility index (Phi) is 4.86. The molecule has 2 aromatic heterocycles. The fourth-order valence-electron chi connectivity index (χ4n) is 4.83. The summed E-state index contributed by atoms with van der Waals surface area (Å²) in [6.07, 6.45) is 4.31. The molecule has 34 heavy (non-hydrogen) atoms. The van der Waals surface area contributed by atoms with Gasteiger partial charge < -0.3 is 9.64 Å². The summed E-state index contributed by atoms with van der Waals surface area (Å²) in [7, 11) is 3.54. The normalized spacial score (nSPS) is 15.8. The predicted octanol–water partition coefficient (Wildman–Crippen LogP) is 4.86. The fourth-order valence-corrected chi connectivity index (χ4v) is 4.83. The molecule has 4 heterocycles. The second-order valence-corrected chi connectivity index (χ2v) is 8.79. The van der Waals surface area contributed by atoms with Crippen LogP contribution in [0.15, 0.2) is 60.8 Å². The summed E-state index contributed by atoms with van der Waals surface area (Å²) >= 11 is 0. The molecular weight excluding hydrogens is 428 g/mol. The first-order valence-electron chi connectivity index (χ1n) is 11.5. The molecule has 0 saturated carbocycles. The van der Waals surface area contributed by atoms with Crippen LogP contribution < -0.4 is 19.4 Å². The smallest absolute Gasteiger partial charge is 0.335 e. The van der Waals surface area contributed by atoms with E-state index < -0.39 is 0 Å². The summed E-state index contributed by atoms with van der Waals surface area (Å²) in [5.41, 5.74) is 3.49. The lowest BCUT2D eigenvalue weighted by Gasteiger charge is -2.37. The van der Waals surface area contributed by atoms with Crippen LogP contribution >= 0.6 is 0 Å². The van der Waals surface area contributed by atoms with Crippen LogP contribution in [-0.2, 0) is 13.6 Å². The molecule has 0 unspecified atom stereocenters. The van der Waals surface area contributed by atoms with E-state index in [0.29, 0.717) is 12.4 Å². The zero-order chi connectivity index (χ0) is 23.2. The van der Waals surface area contributed by atoms with E-state index in [9.17, 15) is 4.79 Å². The number of carbonyl (C=O) groups excluding carboxylic acids is 1. The van der Waals surface area contributed by atoms with Crippen molar-refractivity contribution in [2.24, 2.45) is 7.05 Å². The number of nitrogens with zero attached hydrogens (tertiary/aromatic N) is 6. The maximum atomic E-state index is 14.0. The second-order valence-electron chi connectivity index (χ2n) is 8.79. The van der Waals surface area contributed by atoms with Gasteiger partial charge >= 0.3 is 6.03 Å². The summed E-state index contributed by atoms with van der Waals surface area (Å²) in [6, 6.07) is 17.5. The van der Waals surface area contributed by atoms with E-state index in [1.807, 2.05) is 55.7 Å². The fraction of sp³-hybridized carbons (Fsp3) is 0.269. The molecule has 4 aromatic rings. The van der Waals surface area contributed by atoms with Crippen molar-refractivity contribution < 1.29 is 9.53 Å². The lowest BCUT2D eigenvalue weighted by molar-refractivity contribution is 0.252. The number of urea groups is 1. The van der Waals surface area contributed by atoms with Crippen LogP contribution in [-0.4, -0.2) is 41.0 Å². The van der Waals surface area contributed by atoms with E-state index in [4.69, 9.17) is 9.72 Å². The molecule has 172 valence electrons. The van der Waals surface area contributed by atoms with Crippen LogP contribution in [0.3, 0.4) is 0 Å². The van der Waals surface area contributed by atoms with Gasteiger partial charge in [-0.2, -0.15) is 5.10 Å². The molecule has 2 aliphatic rings. The molecule has 0 N–H and O–H groups in total. The number of pyridine rings is 1. The monoisotopic (exact) mass is 454 g/mol. The molecule has 2 aliphatic heterocycles. The summed E-state index contributed by atoms with van der Waals surface area (Å²) < 4.78 is 7.12. The molecule has 1 fully saturated rings. The first-order valence-corrected chi connectivity index (χ1v) is 11.5. The lowest BCUT2D eigenvalue weighted by atomic mass is 10.1. The van der Waals surface area contributed by atoms with Gasteiger partial charge in [0.05, 0.1) is 24.9 Å². The van der Waals surface area contributed by atoms with Gasteiger partial charge in [0.2, 0.25) is 0 Å². The van der Waals surface area contributed by atoms with E-state index in [-0.39, 0.29) is 6.03 Å². The number of carbonyl (C=O) groups is 1. The average Bonchev–Trinajstić information content (AvgIpc) is 3.52. The topological polar surface area (TPSA) is 66.7 Å².